The minimum Gasteiger partial charge on any atom is -0.480 e. The van der Waals surface area contributed by atoms with Gasteiger partial charge in [0.05, 0.1) is 0 Å². The third kappa shape index (κ3) is 5.31. The van der Waals surface area contributed by atoms with E-state index in [0.717, 1.165) is 0 Å². The Bertz CT molecular complexity index is 221. The van der Waals surface area contributed by atoms with E-state index < -0.39 is 17.9 Å². The standard InChI is InChI=1S/C9H15NO4/c1-6(10)4-2-3-5-7(8(11)12)9(13)14/h3,5-7H,2,4,10H2,1H3,(H,11,12)(H,13,14)/b5-3+. The number of carboxylic acids is 2. The molecule has 0 amide bonds. The maximum absolute atomic E-state index is 10.4. The van der Waals surface area contributed by atoms with Gasteiger partial charge in [-0.15, -0.1) is 0 Å². The van der Waals surface area contributed by atoms with Crippen LogP contribution in [0.25, 0.3) is 0 Å². The molecule has 5 nitrogen and oxygen atoms in total. The lowest BCUT2D eigenvalue weighted by Gasteiger charge is -2.02. The minimum atomic E-state index is -1.46. The van der Waals surface area contributed by atoms with Gasteiger partial charge >= 0.3 is 11.9 Å². The van der Waals surface area contributed by atoms with Gasteiger partial charge in [0.25, 0.3) is 0 Å². The van der Waals surface area contributed by atoms with Crippen LogP contribution in [0.2, 0.25) is 0 Å². The molecule has 0 aliphatic rings. The van der Waals surface area contributed by atoms with Gasteiger partial charge in [0, 0.05) is 6.04 Å². The van der Waals surface area contributed by atoms with E-state index >= 15 is 0 Å². The molecule has 0 aliphatic heterocycles. The smallest absolute Gasteiger partial charge is 0.321 e. The van der Waals surface area contributed by atoms with Gasteiger partial charge in [-0.25, -0.2) is 0 Å². The normalized spacial score (nSPS) is 13.4. The Morgan fingerprint density at radius 1 is 1.36 bits per heavy atom. The van der Waals surface area contributed by atoms with E-state index in [1.807, 2.05) is 6.92 Å². The number of aliphatic carboxylic acids is 2. The highest BCUT2D eigenvalue weighted by Crippen LogP contribution is 2.02. The van der Waals surface area contributed by atoms with E-state index in [2.05, 4.69) is 0 Å². The molecule has 5 heteroatoms. The summed E-state index contributed by atoms with van der Waals surface area (Å²) in [5.74, 6) is -4.16. The van der Waals surface area contributed by atoms with Crippen molar-refractivity contribution in [3.05, 3.63) is 12.2 Å². The van der Waals surface area contributed by atoms with Crippen LogP contribution in [0.4, 0.5) is 0 Å². The van der Waals surface area contributed by atoms with Gasteiger partial charge in [-0.05, 0) is 19.8 Å². The molecule has 0 saturated carbocycles. The van der Waals surface area contributed by atoms with Crippen molar-refractivity contribution in [1.82, 2.24) is 0 Å². The summed E-state index contributed by atoms with van der Waals surface area (Å²) >= 11 is 0. The van der Waals surface area contributed by atoms with E-state index in [0.29, 0.717) is 12.8 Å². The van der Waals surface area contributed by atoms with Crippen LogP contribution in [-0.4, -0.2) is 28.2 Å². The SMILES string of the molecule is CC(N)CC/C=C/C(C(=O)O)C(=O)O. The lowest BCUT2D eigenvalue weighted by molar-refractivity contribution is -0.151. The number of allylic oxidation sites excluding steroid dienone is 1. The summed E-state index contributed by atoms with van der Waals surface area (Å²) in [5.41, 5.74) is 5.46. The van der Waals surface area contributed by atoms with Crippen LogP contribution >= 0.6 is 0 Å². The van der Waals surface area contributed by atoms with E-state index in [-0.39, 0.29) is 6.04 Å². The van der Waals surface area contributed by atoms with E-state index in [9.17, 15) is 9.59 Å². The summed E-state index contributed by atoms with van der Waals surface area (Å²) in [5, 5.41) is 17.0. The molecule has 0 spiro atoms. The fraction of sp³-hybridized carbons (Fsp3) is 0.556. The molecule has 0 heterocycles. The molecular formula is C9H15NO4. The van der Waals surface area contributed by atoms with Gasteiger partial charge in [-0.2, -0.15) is 0 Å². The monoisotopic (exact) mass is 201 g/mol. The summed E-state index contributed by atoms with van der Waals surface area (Å²) < 4.78 is 0. The molecule has 1 atom stereocenters. The average Bonchev–Trinajstić information content (AvgIpc) is 2.01. The molecule has 0 fully saturated rings. The Morgan fingerprint density at radius 3 is 2.21 bits per heavy atom. The van der Waals surface area contributed by atoms with Crippen LogP contribution in [-0.2, 0) is 9.59 Å². The van der Waals surface area contributed by atoms with Crippen LogP contribution < -0.4 is 5.73 Å². The van der Waals surface area contributed by atoms with E-state index in [1.165, 1.54) is 12.2 Å². The third-order valence-electron chi connectivity index (χ3n) is 1.65. The molecular weight excluding hydrogens is 186 g/mol. The first kappa shape index (κ1) is 12.6. The summed E-state index contributed by atoms with van der Waals surface area (Å²) in [6.07, 6.45) is 4.01. The zero-order valence-electron chi connectivity index (χ0n) is 8.01. The fourth-order valence-corrected chi connectivity index (χ4v) is 0.862. The first-order chi connectivity index (χ1) is 6.45. The second-order valence-electron chi connectivity index (χ2n) is 3.14. The molecule has 0 aromatic carbocycles. The van der Waals surface area contributed by atoms with E-state index in [4.69, 9.17) is 15.9 Å². The van der Waals surface area contributed by atoms with Crippen LogP contribution in [0.5, 0.6) is 0 Å². The van der Waals surface area contributed by atoms with Crippen molar-refractivity contribution in [1.29, 1.82) is 0 Å². The molecule has 0 aromatic heterocycles. The molecule has 0 saturated heterocycles. The quantitative estimate of drug-likeness (QED) is 0.428. The van der Waals surface area contributed by atoms with Crippen molar-refractivity contribution >= 4 is 11.9 Å². The molecule has 80 valence electrons. The van der Waals surface area contributed by atoms with Gasteiger partial charge in [-0.1, -0.05) is 12.2 Å². The van der Waals surface area contributed by atoms with E-state index in [1.54, 1.807) is 0 Å². The Balaban J connectivity index is 4.04. The number of carboxylic acid groups (broad SMARTS) is 2. The topological polar surface area (TPSA) is 101 Å². The second-order valence-corrected chi connectivity index (χ2v) is 3.14. The molecule has 0 bridgehead atoms. The van der Waals surface area contributed by atoms with Gasteiger partial charge in [0.1, 0.15) is 0 Å². The molecule has 0 rings (SSSR count). The zero-order chi connectivity index (χ0) is 11.1. The van der Waals surface area contributed by atoms with Crippen molar-refractivity contribution in [2.75, 3.05) is 0 Å². The Kier molecular flexibility index (Phi) is 5.55. The molecule has 0 radical (unpaired) electrons. The number of carbonyl (C=O) groups is 2. The highest BCUT2D eigenvalue weighted by Gasteiger charge is 2.21. The fourth-order valence-electron chi connectivity index (χ4n) is 0.862. The third-order valence-corrected chi connectivity index (χ3v) is 1.65. The molecule has 1 unspecified atom stereocenters. The summed E-state index contributed by atoms with van der Waals surface area (Å²) in [6, 6.07) is 0.0350. The number of hydrogen-bond donors (Lipinski definition) is 3. The zero-order valence-corrected chi connectivity index (χ0v) is 8.01. The maximum atomic E-state index is 10.4. The Morgan fingerprint density at radius 2 is 1.86 bits per heavy atom. The van der Waals surface area contributed by atoms with Crippen molar-refractivity contribution in [2.24, 2.45) is 11.7 Å². The van der Waals surface area contributed by atoms with Gasteiger partial charge in [-0.3, -0.25) is 9.59 Å². The second kappa shape index (κ2) is 6.15. The largest absolute Gasteiger partial charge is 0.480 e. The van der Waals surface area contributed by atoms with Crippen molar-refractivity contribution < 1.29 is 19.8 Å². The molecule has 4 N–H and O–H groups in total. The van der Waals surface area contributed by atoms with Crippen LogP contribution in [0.1, 0.15) is 19.8 Å². The van der Waals surface area contributed by atoms with Crippen molar-refractivity contribution in [3.63, 3.8) is 0 Å². The molecule has 0 aromatic rings. The highest BCUT2D eigenvalue weighted by atomic mass is 16.4. The number of rotatable bonds is 6. The van der Waals surface area contributed by atoms with Gasteiger partial charge in [0.15, 0.2) is 5.92 Å². The predicted octanol–water partition coefficient (Wildman–Crippen LogP) is 0.455. The summed E-state index contributed by atoms with van der Waals surface area (Å²) in [7, 11) is 0. The average molecular weight is 201 g/mol. The predicted molar refractivity (Wildman–Crippen MR) is 50.8 cm³/mol. The Labute approximate surface area is 82.2 Å². The van der Waals surface area contributed by atoms with Crippen molar-refractivity contribution in [3.8, 4) is 0 Å². The van der Waals surface area contributed by atoms with Crippen LogP contribution in [0.3, 0.4) is 0 Å². The van der Waals surface area contributed by atoms with Gasteiger partial charge in [0.2, 0.25) is 0 Å². The highest BCUT2D eigenvalue weighted by molar-refractivity contribution is 5.94. The number of hydrogen-bond acceptors (Lipinski definition) is 3. The molecule has 14 heavy (non-hydrogen) atoms. The number of nitrogens with two attached hydrogens (primary N) is 1. The lowest BCUT2D eigenvalue weighted by Crippen LogP contribution is -2.21. The first-order valence-electron chi connectivity index (χ1n) is 4.33. The molecule has 0 aliphatic carbocycles. The van der Waals surface area contributed by atoms with Crippen LogP contribution in [0, 0.1) is 5.92 Å². The van der Waals surface area contributed by atoms with Crippen molar-refractivity contribution in [2.45, 2.75) is 25.8 Å². The maximum Gasteiger partial charge on any atom is 0.321 e. The van der Waals surface area contributed by atoms with Gasteiger partial charge < -0.3 is 15.9 Å². The lowest BCUT2D eigenvalue weighted by atomic mass is 10.1. The Hall–Kier alpha value is -1.36. The minimum absolute atomic E-state index is 0.0350. The first-order valence-corrected chi connectivity index (χ1v) is 4.33. The summed E-state index contributed by atoms with van der Waals surface area (Å²) in [4.78, 5) is 20.8. The van der Waals surface area contributed by atoms with Crippen LogP contribution in [0.15, 0.2) is 12.2 Å². The summed E-state index contributed by atoms with van der Waals surface area (Å²) in [6.45, 7) is 1.83.